The molecule has 1 amide bonds. The fraction of sp³-hybridized carbons (Fsp3) is 0.421. The third-order valence-electron chi connectivity index (χ3n) is 4.51. The second-order valence-electron chi connectivity index (χ2n) is 6.19. The monoisotopic (exact) mass is 312 g/mol. The van der Waals surface area contributed by atoms with Gasteiger partial charge in [0.15, 0.2) is 0 Å². The lowest BCUT2D eigenvalue weighted by molar-refractivity contribution is -0.127. The predicted octanol–water partition coefficient (Wildman–Crippen LogP) is 2.95. The molecule has 3 rings (SSSR count). The number of fused-ring (bicyclic) bond motifs is 1. The van der Waals surface area contributed by atoms with Crippen molar-refractivity contribution in [3.05, 3.63) is 42.0 Å². The highest BCUT2D eigenvalue weighted by atomic mass is 16.5. The molecule has 2 aromatic rings. The number of nitrogens with zero attached hydrogens (tertiary/aromatic N) is 1. The average Bonchev–Trinajstić information content (AvgIpc) is 2.97. The largest absolute Gasteiger partial charge is 0.496 e. The van der Waals surface area contributed by atoms with E-state index in [1.807, 2.05) is 17.0 Å². The summed E-state index contributed by atoms with van der Waals surface area (Å²) < 4.78 is 5.53. The van der Waals surface area contributed by atoms with Gasteiger partial charge in [-0.2, -0.15) is 0 Å². The van der Waals surface area contributed by atoms with Crippen molar-refractivity contribution < 1.29 is 9.53 Å². The smallest absolute Gasteiger partial charge is 0.222 e. The molecule has 0 saturated carbocycles. The van der Waals surface area contributed by atoms with Crippen LogP contribution in [0.15, 0.2) is 36.4 Å². The highest BCUT2D eigenvalue weighted by molar-refractivity contribution is 5.87. The first kappa shape index (κ1) is 15.8. The predicted molar refractivity (Wildman–Crippen MR) is 92.6 cm³/mol. The molecule has 0 bridgehead atoms. The Kier molecular flexibility index (Phi) is 4.82. The highest BCUT2D eigenvalue weighted by Crippen LogP contribution is 2.27. The van der Waals surface area contributed by atoms with Crippen molar-refractivity contribution in [2.45, 2.75) is 32.4 Å². The van der Waals surface area contributed by atoms with Gasteiger partial charge >= 0.3 is 0 Å². The quantitative estimate of drug-likeness (QED) is 0.891. The Morgan fingerprint density at radius 3 is 2.83 bits per heavy atom. The van der Waals surface area contributed by atoms with E-state index in [1.165, 1.54) is 16.3 Å². The van der Waals surface area contributed by atoms with Crippen molar-refractivity contribution in [3.8, 4) is 5.75 Å². The molecule has 23 heavy (non-hydrogen) atoms. The van der Waals surface area contributed by atoms with Crippen molar-refractivity contribution in [2.24, 2.45) is 0 Å². The summed E-state index contributed by atoms with van der Waals surface area (Å²) in [5.74, 6) is 1.18. The van der Waals surface area contributed by atoms with E-state index in [0.29, 0.717) is 6.42 Å². The van der Waals surface area contributed by atoms with Gasteiger partial charge in [-0.1, -0.05) is 30.3 Å². The third kappa shape index (κ3) is 3.48. The van der Waals surface area contributed by atoms with E-state index in [0.717, 1.165) is 31.8 Å². The van der Waals surface area contributed by atoms with E-state index in [1.54, 1.807) is 7.11 Å². The van der Waals surface area contributed by atoms with Crippen LogP contribution in [0.4, 0.5) is 0 Å². The minimum absolute atomic E-state index is 0.251. The first-order chi connectivity index (χ1) is 11.2. The zero-order chi connectivity index (χ0) is 16.2. The fourth-order valence-electron chi connectivity index (χ4n) is 3.26. The molecule has 0 aromatic heterocycles. The molecule has 1 fully saturated rings. The van der Waals surface area contributed by atoms with Crippen LogP contribution >= 0.6 is 0 Å². The molecule has 1 aliphatic rings. The van der Waals surface area contributed by atoms with Gasteiger partial charge in [0.2, 0.25) is 5.91 Å². The van der Waals surface area contributed by atoms with Crippen molar-refractivity contribution in [1.82, 2.24) is 10.2 Å². The molecular weight excluding hydrogens is 288 g/mol. The standard InChI is InChI=1S/C19H24N2O2/c1-14(13-21-11-5-8-19(21)22)20-12-17-16-7-4-3-6-15(16)9-10-18(17)23-2/h3-4,6-7,9-10,14,20H,5,8,11-13H2,1-2H3/t14-/m0/s1. The van der Waals surface area contributed by atoms with Crippen molar-refractivity contribution in [3.63, 3.8) is 0 Å². The van der Waals surface area contributed by atoms with Crippen LogP contribution in [0, 0.1) is 0 Å². The molecule has 0 spiro atoms. The van der Waals surface area contributed by atoms with Gasteiger partial charge in [-0.15, -0.1) is 0 Å². The maximum absolute atomic E-state index is 11.7. The molecule has 4 nitrogen and oxygen atoms in total. The number of amides is 1. The van der Waals surface area contributed by atoms with E-state index >= 15 is 0 Å². The first-order valence-electron chi connectivity index (χ1n) is 8.25. The van der Waals surface area contributed by atoms with Crippen LogP contribution in [-0.4, -0.2) is 37.0 Å². The van der Waals surface area contributed by atoms with E-state index in [9.17, 15) is 4.79 Å². The van der Waals surface area contributed by atoms with Gasteiger partial charge in [-0.05, 0) is 30.2 Å². The number of benzene rings is 2. The Morgan fingerprint density at radius 2 is 2.09 bits per heavy atom. The number of carbonyl (C=O) groups excluding carboxylic acids is 1. The fourth-order valence-corrected chi connectivity index (χ4v) is 3.26. The number of carbonyl (C=O) groups is 1. The van der Waals surface area contributed by atoms with Crippen LogP contribution in [0.1, 0.15) is 25.3 Å². The minimum Gasteiger partial charge on any atom is -0.496 e. The first-order valence-corrected chi connectivity index (χ1v) is 8.25. The molecule has 122 valence electrons. The summed E-state index contributed by atoms with van der Waals surface area (Å²) in [6.07, 6.45) is 1.69. The Balaban J connectivity index is 1.72. The molecule has 1 heterocycles. The van der Waals surface area contributed by atoms with Crippen LogP contribution in [0.2, 0.25) is 0 Å². The van der Waals surface area contributed by atoms with Crippen LogP contribution in [0.5, 0.6) is 5.75 Å². The summed E-state index contributed by atoms with van der Waals surface area (Å²) in [6, 6.07) is 12.7. The summed E-state index contributed by atoms with van der Waals surface area (Å²) in [5.41, 5.74) is 1.17. The second-order valence-corrected chi connectivity index (χ2v) is 6.19. The molecule has 2 aromatic carbocycles. The van der Waals surface area contributed by atoms with Crippen molar-refractivity contribution in [1.29, 1.82) is 0 Å². The topological polar surface area (TPSA) is 41.6 Å². The van der Waals surface area contributed by atoms with Crippen molar-refractivity contribution >= 4 is 16.7 Å². The molecule has 0 aliphatic carbocycles. The SMILES string of the molecule is COc1ccc2ccccc2c1CN[C@@H](C)CN1CCCC1=O. The van der Waals surface area contributed by atoms with Crippen LogP contribution in [0.3, 0.4) is 0 Å². The van der Waals surface area contributed by atoms with E-state index in [2.05, 4.69) is 36.5 Å². The summed E-state index contributed by atoms with van der Waals surface area (Å²) in [7, 11) is 1.71. The lowest BCUT2D eigenvalue weighted by Crippen LogP contribution is -2.39. The van der Waals surface area contributed by atoms with E-state index in [4.69, 9.17) is 4.74 Å². The maximum Gasteiger partial charge on any atom is 0.222 e. The third-order valence-corrected chi connectivity index (χ3v) is 4.51. The normalized spacial score (nSPS) is 16.1. The zero-order valence-corrected chi connectivity index (χ0v) is 13.8. The number of hydrogen-bond donors (Lipinski definition) is 1. The number of nitrogens with one attached hydrogen (secondary N) is 1. The van der Waals surface area contributed by atoms with Gasteiger partial charge in [0.1, 0.15) is 5.75 Å². The van der Waals surface area contributed by atoms with E-state index < -0.39 is 0 Å². The number of ether oxygens (including phenoxy) is 1. The lowest BCUT2D eigenvalue weighted by atomic mass is 10.0. The molecule has 1 N–H and O–H groups in total. The average molecular weight is 312 g/mol. The number of rotatable bonds is 6. The molecular formula is C19H24N2O2. The second kappa shape index (κ2) is 7.01. The lowest BCUT2D eigenvalue weighted by Gasteiger charge is -2.22. The van der Waals surface area contributed by atoms with Gasteiger partial charge in [-0.25, -0.2) is 0 Å². The Morgan fingerprint density at radius 1 is 1.26 bits per heavy atom. The summed E-state index contributed by atoms with van der Waals surface area (Å²) in [4.78, 5) is 13.7. The van der Waals surface area contributed by atoms with Crippen LogP contribution in [-0.2, 0) is 11.3 Å². The Hall–Kier alpha value is -2.07. The molecule has 0 radical (unpaired) electrons. The van der Waals surface area contributed by atoms with Gasteiger partial charge in [0.25, 0.3) is 0 Å². The number of likely N-dealkylation sites (tertiary alicyclic amines) is 1. The minimum atomic E-state index is 0.251. The molecule has 4 heteroatoms. The number of hydrogen-bond acceptors (Lipinski definition) is 3. The Labute approximate surface area is 137 Å². The van der Waals surface area contributed by atoms with Crippen LogP contribution in [0.25, 0.3) is 10.8 Å². The van der Waals surface area contributed by atoms with E-state index in [-0.39, 0.29) is 11.9 Å². The van der Waals surface area contributed by atoms with Gasteiger partial charge in [-0.3, -0.25) is 4.79 Å². The molecule has 0 unspecified atom stereocenters. The Bertz CT molecular complexity index is 699. The van der Waals surface area contributed by atoms with Gasteiger partial charge < -0.3 is 15.0 Å². The summed E-state index contributed by atoms with van der Waals surface area (Å²) >= 11 is 0. The highest BCUT2D eigenvalue weighted by Gasteiger charge is 2.21. The van der Waals surface area contributed by atoms with Gasteiger partial charge in [0.05, 0.1) is 7.11 Å². The van der Waals surface area contributed by atoms with Gasteiger partial charge in [0, 0.05) is 37.7 Å². The molecule has 1 aliphatic heterocycles. The number of methoxy groups -OCH3 is 1. The van der Waals surface area contributed by atoms with Crippen molar-refractivity contribution in [2.75, 3.05) is 20.2 Å². The molecule has 1 atom stereocenters. The van der Waals surface area contributed by atoms with Crippen LogP contribution < -0.4 is 10.1 Å². The zero-order valence-electron chi connectivity index (χ0n) is 13.8. The summed E-state index contributed by atoms with van der Waals surface area (Å²) in [6.45, 7) is 4.52. The molecule has 1 saturated heterocycles. The summed E-state index contributed by atoms with van der Waals surface area (Å²) in [5, 5.41) is 5.97. The maximum atomic E-state index is 11.7.